The minimum absolute atomic E-state index is 0.588. The lowest BCUT2D eigenvalue weighted by atomic mass is 10.0. The molecule has 0 aliphatic rings. The molecule has 0 aliphatic carbocycles. The van der Waals surface area contributed by atoms with E-state index in [1.165, 1.54) is 20.2 Å². The average Bonchev–Trinajstić information content (AvgIpc) is 3.96. The normalized spacial score (nSPS) is 11.9. The predicted molar refractivity (Wildman–Crippen MR) is 236 cm³/mol. The lowest BCUT2D eigenvalue weighted by Crippen LogP contribution is -2.00. The molecule has 0 unspecified atom stereocenters. The number of hydrogen-bond donors (Lipinski definition) is 0. The van der Waals surface area contributed by atoms with Crippen molar-refractivity contribution in [2.45, 2.75) is 0 Å². The van der Waals surface area contributed by atoms with Gasteiger partial charge < -0.3 is 8.98 Å². The van der Waals surface area contributed by atoms with Crippen molar-refractivity contribution in [2.75, 3.05) is 0 Å². The van der Waals surface area contributed by atoms with Crippen LogP contribution in [0.1, 0.15) is 0 Å². The van der Waals surface area contributed by atoms with E-state index in [-0.39, 0.29) is 0 Å². The van der Waals surface area contributed by atoms with Crippen molar-refractivity contribution in [1.29, 1.82) is 0 Å². The number of para-hydroxylation sites is 2. The molecule has 12 rings (SSSR count). The first kappa shape index (κ1) is 31.9. The van der Waals surface area contributed by atoms with Crippen LogP contribution in [0.4, 0.5) is 0 Å². The number of furan rings is 1. The molecular formula is C51H30N4OS. The first-order chi connectivity index (χ1) is 28.2. The number of thiophene rings is 1. The summed E-state index contributed by atoms with van der Waals surface area (Å²) in [5.41, 5.74) is 9.99. The first-order valence-electron chi connectivity index (χ1n) is 19.0. The van der Waals surface area contributed by atoms with E-state index in [0.29, 0.717) is 17.5 Å². The van der Waals surface area contributed by atoms with Crippen molar-refractivity contribution in [3.63, 3.8) is 0 Å². The van der Waals surface area contributed by atoms with E-state index in [1.807, 2.05) is 6.07 Å². The van der Waals surface area contributed by atoms with Gasteiger partial charge in [-0.3, -0.25) is 0 Å². The zero-order valence-electron chi connectivity index (χ0n) is 30.4. The van der Waals surface area contributed by atoms with Gasteiger partial charge in [0.1, 0.15) is 11.2 Å². The van der Waals surface area contributed by atoms with Gasteiger partial charge in [-0.1, -0.05) is 121 Å². The molecule has 0 bridgehead atoms. The molecule has 0 N–H and O–H groups in total. The Morgan fingerprint density at radius 1 is 0.386 bits per heavy atom. The maximum atomic E-state index is 6.87. The molecule has 0 aliphatic heterocycles. The number of nitrogens with zero attached hydrogens (tertiary/aromatic N) is 4. The molecule has 57 heavy (non-hydrogen) atoms. The van der Waals surface area contributed by atoms with Crippen LogP contribution in [-0.4, -0.2) is 19.5 Å². The standard InChI is InChI=1S/C51H30N4OS/c1-3-12-31(13-4-1)32-14-11-15-33(28-32)49-52-50(54-51(53-49)35-23-25-39-38-18-8-10-21-45(38)57-46(39)30-35)34-22-24-37-40-26-27-43-47(48(40)56-44(37)29-34)41-19-7-9-20-42(41)55(43)36-16-5-2-6-17-36/h1-30H. The Labute approximate surface area is 330 Å². The Kier molecular flexibility index (Phi) is 7.03. The lowest BCUT2D eigenvalue weighted by molar-refractivity contribution is 0.673. The first-order valence-corrected chi connectivity index (χ1v) is 19.8. The monoisotopic (exact) mass is 746 g/mol. The summed E-state index contributed by atoms with van der Waals surface area (Å²) in [6, 6.07) is 63.7. The molecule has 6 heteroatoms. The summed E-state index contributed by atoms with van der Waals surface area (Å²) in [7, 11) is 0. The molecule has 0 spiro atoms. The van der Waals surface area contributed by atoms with Crippen LogP contribution in [0.15, 0.2) is 186 Å². The van der Waals surface area contributed by atoms with Gasteiger partial charge in [-0.25, -0.2) is 15.0 Å². The van der Waals surface area contributed by atoms with Gasteiger partial charge in [-0.2, -0.15) is 0 Å². The van der Waals surface area contributed by atoms with Crippen molar-refractivity contribution < 1.29 is 4.42 Å². The zero-order chi connectivity index (χ0) is 37.5. The van der Waals surface area contributed by atoms with Crippen LogP contribution in [-0.2, 0) is 0 Å². The topological polar surface area (TPSA) is 56.7 Å². The predicted octanol–water partition coefficient (Wildman–Crippen LogP) is 13.9. The Hall–Kier alpha value is -7.41. The second-order valence-electron chi connectivity index (χ2n) is 14.4. The van der Waals surface area contributed by atoms with E-state index < -0.39 is 0 Å². The minimum atomic E-state index is 0.588. The number of hydrogen-bond acceptors (Lipinski definition) is 5. The highest BCUT2D eigenvalue weighted by Gasteiger charge is 2.20. The van der Waals surface area contributed by atoms with Gasteiger partial charge >= 0.3 is 0 Å². The van der Waals surface area contributed by atoms with Crippen molar-refractivity contribution in [3.05, 3.63) is 182 Å². The molecule has 4 aromatic heterocycles. The van der Waals surface area contributed by atoms with Crippen LogP contribution in [0.2, 0.25) is 0 Å². The van der Waals surface area contributed by atoms with Crippen molar-refractivity contribution in [1.82, 2.24) is 19.5 Å². The molecule has 0 radical (unpaired) electrons. The van der Waals surface area contributed by atoms with Crippen LogP contribution in [0.25, 0.3) is 115 Å². The minimum Gasteiger partial charge on any atom is -0.455 e. The summed E-state index contributed by atoms with van der Waals surface area (Å²) in [6.45, 7) is 0. The van der Waals surface area contributed by atoms with Crippen LogP contribution in [0.5, 0.6) is 0 Å². The summed E-state index contributed by atoms with van der Waals surface area (Å²) in [6.07, 6.45) is 0. The highest BCUT2D eigenvalue weighted by molar-refractivity contribution is 7.25. The fraction of sp³-hybridized carbons (Fsp3) is 0. The Balaban J connectivity index is 1.05. The van der Waals surface area contributed by atoms with E-state index in [0.717, 1.165) is 77.2 Å². The molecule has 266 valence electrons. The van der Waals surface area contributed by atoms with E-state index in [9.17, 15) is 0 Å². The highest BCUT2D eigenvalue weighted by atomic mass is 32.1. The maximum absolute atomic E-state index is 6.87. The van der Waals surface area contributed by atoms with Gasteiger partial charge in [0, 0.05) is 58.7 Å². The summed E-state index contributed by atoms with van der Waals surface area (Å²) >= 11 is 1.79. The average molecular weight is 747 g/mol. The second kappa shape index (κ2) is 12.6. The van der Waals surface area contributed by atoms with Crippen LogP contribution in [0.3, 0.4) is 0 Å². The van der Waals surface area contributed by atoms with E-state index in [1.54, 1.807) is 11.3 Å². The molecule has 0 saturated carbocycles. The Morgan fingerprint density at radius 3 is 1.79 bits per heavy atom. The molecule has 0 saturated heterocycles. The van der Waals surface area contributed by atoms with Crippen molar-refractivity contribution >= 4 is 75.3 Å². The van der Waals surface area contributed by atoms with Gasteiger partial charge in [0.2, 0.25) is 0 Å². The van der Waals surface area contributed by atoms with Crippen molar-refractivity contribution in [3.8, 4) is 51.0 Å². The van der Waals surface area contributed by atoms with Gasteiger partial charge in [-0.15, -0.1) is 11.3 Å². The largest absolute Gasteiger partial charge is 0.455 e. The van der Waals surface area contributed by atoms with E-state index in [4.69, 9.17) is 19.4 Å². The fourth-order valence-electron chi connectivity index (χ4n) is 8.38. The Morgan fingerprint density at radius 2 is 0.982 bits per heavy atom. The molecule has 0 fully saturated rings. The van der Waals surface area contributed by atoms with E-state index >= 15 is 0 Å². The smallest absolute Gasteiger partial charge is 0.164 e. The van der Waals surface area contributed by atoms with Crippen LogP contribution >= 0.6 is 11.3 Å². The highest BCUT2D eigenvalue weighted by Crippen LogP contribution is 2.42. The molecule has 4 heterocycles. The van der Waals surface area contributed by atoms with Gasteiger partial charge in [-0.05, 0) is 71.8 Å². The molecule has 12 aromatic rings. The summed E-state index contributed by atoms with van der Waals surface area (Å²) in [4.78, 5) is 15.5. The fourth-order valence-corrected chi connectivity index (χ4v) is 9.52. The number of fused-ring (bicyclic) bond motifs is 10. The third kappa shape index (κ3) is 5.12. The Bertz CT molecular complexity index is 3530. The van der Waals surface area contributed by atoms with Crippen LogP contribution < -0.4 is 0 Å². The SMILES string of the molecule is c1ccc(-c2cccc(-c3nc(-c4ccc5c(c4)oc4c5ccc5c4c4ccccc4n5-c4ccccc4)nc(-c4ccc5c(c4)sc4ccccc45)n3)c2)cc1. The number of rotatable bonds is 5. The number of benzene rings is 8. The molecule has 8 aromatic carbocycles. The van der Waals surface area contributed by atoms with E-state index in [2.05, 4.69) is 180 Å². The quantitative estimate of drug-likeness (QED) is 0.176. The van der Waals surface area contributed by atoms with Crippen LogP contribution in [0, 0.1) is 0 Å². The number of aromatic nitrogens is 4. The third-order valence-electron chi connectivity index (χ3n) is 11.0. The summed E-state index contributed by atoms with van der Waals surface area (Å²) in [5.74, 6) is 1.83. The van der Waals surface area contributed by atoms with Crippen molar-refractivity contribution in [2.24, 2.45) is 0 Å². The molecule has 0 atom stereocenters. The summed E-state index contributed by atoms with van der Waals surface area (Å²) in [5, 5.41) is 6.88. The molecular weight excluding hydrogens is 717 g/mol. The molecule has 0 amide bonds. The third-order valence-corrected chi connectivity index (χ3v) is 12.2. The van der Waals surface area contributed by atoms with Gasteiger partial charge in [0.25, 0.3) is 0 Å². The lowest BCUT2D eigenvalue weighted by Gasteiger charge is -2.10. The maximum Gasteiger partial charge on any atom is 0.164 e. The second-order valence-corrected chi connectivity index (χ2v) is 15.5. The van der Waals surface area contributed by atoms with Gasteiger partial charge in [0.15, 0.2) is 17.5 Å². The molecule has 5 nitrogen and oxygen atoms in total. The zero-order valence-corrected chi connectivity index (χ0v) is 31.2. The summed E-state index contributed by atoms with van der Waals surface area (Å²) < 4.78 is 11.7. The van der Waals surface area contributed by atoms with Gasteiger partial charge in [0.05, 0.1) is 16.4 Å².